The number of anilines is 2. The van der Waals surface area contributed by atoms with Crippen LogP contribution >= 0.6 is 0 Å². The van der Waals surface area contributed by atoms with Crippen molar-refractivity contribution in [2.45, 2.75) is 32.9 Å². The van der Waals surface area contributed by atoms with E-state index in [4.69, 9.17) is 4.42 Å². The van der Waals surface area contributed by atoms with Crippen molar-refractivity contribution in [3.05, 3.63) is 59.1 Å². The lowest BCUT2D eigenvalue weighted by molar-refractivity contribution is -0.116. The van der Waals surface area contributed by atoms with Gasteiger partial charge in [-0.15, -0.1) is 0 Å². The van der Waals surface area contributed by atoms with Crippen molar-refractivity contribution in [3.8, 4) is 0 Å². The number of hydrogen-bond acceptors (Lipinski definition) is 4. The van der Waals surface area contributed by atoms with Crippen LogP contribution in [0.5, 0.6) is 0 Å². The number of amides is 3. The predicted molar refractivity (Wildman–Crippen MR) is 107 cm³/mol. The van der Waals surface area contributed by atoms with E-state index in [2.05, 4.69) is 16.0 Å². The molecule has 0 fully saturated rings. The van der Waals surface area contributed by atoms with Crippen molar-refractivity contribution < 1.29 is 14.0 Å². The van der Waals surface area contributed by atoms with E-state index in [-0.39, 0.29) is 30.9 Å². The van der Waals surface area contributed by atoms with Crippen molar-refractivity contribution in [2.24, 2.45) is 0 Å². The number of rotatable bonds is 6. The molecule has 0 bridgehead atoms. The summed E-state index contributed by atoms with van der Waals surface area (Å²) in [6, 6.07) is 13.6. The van der Waals surface area contributed by atoms with E-state index >= 15 is 0 Å². The van der Waals surface area contributed by atoms with E-state index in [0.29, 0.717) is 22.5 Å². The van der Waals surface area contributed by atoms with Crippen LogP contribution in [0.4, 0.5) is 16.2 Å². The minimum absolute atomic E-state index is 0.0402. The standard InChI is InChI=1S/C20H22N4O4/c1-13(2)21-19(26)23-15-9-7-14(8-10-15)22-18(25)11-12-24-16-5-3-4-6-17(16)28-20(24)27/h3-10,13H,11-12H2,1-2H3,(H,22,25)(H2,21,23,26). The number of carbonyl (C=O) groups is 2. The number of para-hydroxylation sites is 2. The van der Waals surface area contributed by atoms with Crippen LogP contribution in [0.1, 0.15) is 20.3 Å². The maximum absolute atomic E-state index is 12.2. The van der Waals surface area contributed by atoms with Gasteiger partial charge in [0.25, 0.3) is 0 Å². The second-order valence-corrected chi connectivity index (χ2v) is 6.62. The van der Waals surface area contributed by atoms with E-state index in [1.54, 1.807) is 42.5 Å². The Bertz CT molecular complexity index is 1030. The number of aryl methyl sites for hydroxylation is 1. The SMILES string of the molecule is CC(C)NC(=O)Nc1ccc(NC(=O)CCn2c(=O)oc3ccccc32)cc1. The monoisotopic (exact) mass is 382 g/mol. The lowest BCUT2D eigenvalue weighted by Crippen LogP contribution is -2.34. The maximum atomic E-state index is 12.2. The number of oxazole rings is 1. The summed E-state index contributed by atoms with van der Waals surface area (Å²) in [6.07, 6.45) is 0.125. The minimum atomic E-state index is -0.482. The fourth-order valence-corrected chi connectivity index (χ4v) is 2.73. The number of carbonyl (C=O) groups excluding carboxylic acids is 2. The van der Waals surface area contributed by atoms with Gasteiger partial charge in [0.15, 0.2) is 5.58 Å². The van der Waals surface area contributed by atoms with Gasteiger partial charge in [-0.25, -0.2) is 9.59 Å². The lowest BCUT2D eigenvalue weighted by Gasteiger charge is -2.11. The molecular formula is C20H22N4O4. The molecule has 0 saturated heterocycles. The molecule has 0 spiro atoms. The van der Waals surface area contributed by atoms with Crippen molar-refractivity contribution in [3.63, 3.8) is 0 Å². The highest BCUT2D eigenvalue weighted by atomic mass is 16.4. The molecule has 1 aromatic heterocycles. The summed E-state index contributed by atoms with van der Waals surface area (Å²) >= 11 is 0. The summed E-state index contributed by atoms with van der Waals surface area (Å²) in [7, 11) is 0. The molecule has 0 aliphatic heterocycles. The second kappa shape index (κ2) is 8.43. The Morgan fingerprint density at radius 1 is 1.00 bits per heavy atom. The molecule has 0 radical (unpaired) electrons. The van der Waals surface area contributed by atoms with E-state index in [1.165, 1.54) is 4.57 Å². The zero-order valence-electron chi connectivity index (χ0n) is 15.7. The van der Waals surface area contributed by atoms with Gasteiger partial charge in [-0.2, -0.15) is 0 Å². The maximum Gasteiger partial charge on any atom is 0.419 e. The molecule has 0 aliphatic rings. The van der Waals surface area contributed by atoms with Gasteiger partial charge in [-0.3, -0.25) is 9.36 Å². The molecule has 0 atom stereocenters. The molecule has 3 N–H and O–H groups in total. The first kappa shape index (κ1) is 19.2. The summed E-state index contributed by atoms with van der Waals surface area (Å²) < 4.78 is 6.59. The van der Waals surface area contributed by atoms with Gasteiger partial charge in [-0.05, 0) is 50.2 Å². The van der Waals surface area contributed by atoms with Crippen LogP contribution in [0.15, 0.2) is 57.7 Å². The van der Waals surface area contributed by atoms with Crippen LogP contribution in [-0.2, 0) is 11.3 Å². The summed E-state index contributed by atoms with van der Waals surface area (Å²) in [4.78, 5) is 35.8. The lowest BCUT2D eigenvalue weighted by atomic mass is 10.2. The summed E-state index contributed by atoms with van der Waals surface area (Å²) in [6.45, 7) is 3.97. The smallest absolute Gasteiger partial charge is 0.408 e. The average molecular weight is 382 g/mol. The van der Waals surface area contributed by atoms with Crippen LogP contribution in [0.25, 0.3) is 11.1 Å². The van der Waals surface area contributed by atoms with Gasteiger partial charge >= 0.3 is 11.8 Å². The molecule has 146 valence electrons. The van der Waals surface area contributed by atoms with Crippen LogP contribution in [0.3, 0.4) is 0 Å². The minimum Gasteiger partial charge on any atom is -0.408 e. The number of aromatic nitrogens is 1. The van der Waals surface area contributed by atoms with Gasteiger partial charge in [0.1, 0.15) is 0 Å². The van der Waals surface area contributed by atoms with Gasteiger partial charge in [0, 0.05) is 30.4 Å². The zero-order valence-corrected chi connectivity index (χ0v) is 15.7. The molecule has 8 nitrogen and oxygen atoms in total. The zero-order chi connectivity index (χ0) is 20.1. The van der Waals surface area contributed by atoms with E-state index in [9.17, 15) is 14.4 Å². The molecule has 3 rings (SSSR count). The first-order valence-electron chi connectivity index (χ1n) is 8.98. The fraction of sp³-hybridized carbons (Fsp3) is 0.250. The van der Waals surface area contributed by atoms with Gasteiger partial charge < -0.3 is 20.4 Å². The topological polar surface area (TPSA) is 105 Å². The van der Waals surface area contributed by atoms with Crippen molar-refractivity contribution in [2.75, 3.05) is 10.6 Å². The first-order valence-corrected chi connectivity index (χ1v) is 8.98. The number of nitrogens with one attached hydrogen (secondary N) is 3. The molecule has 0 aliphatic carbocycles. The number of urea groups is 1. The van der Waals surface area contributed by atoms with Gasteiger partial charge in [0.2, 0.25) is 5.91 Å². The molecule has 28 heavy (non-hydrogen) atoms. The summed E-state index contributed by atoms with van der Waals surface area (Å²) in [5, 5.41) is 8.21. The normalized spacial score (nSPS) is 10.8. The number of nitrogens with zero attached hydrogens (tertiary/aromatic N) is 1. The summed E-state index contributed by atoms with van der Waals surface area (Å²) in [5.74, 6) is -0.709. The Balaban J connectivity index is 1.55. The van der Waals surface area contributed by atoms with E-state index < -0.39 is 5.76 Å². The molecule has 3 aromatic rings. The van der Waals surface area contributed by atoms with Crippen LogP contribution in [0, 0.1) is 0 Å². The number of fused-ring (bicyclic) bond motifs is 1. The molecule has 1 heterocycles. The molecule has 0 saturated carbocycles. The molecule has 8 heteroatoms. The fourth-order valence-electron chi connectivity index (χ4n) is 2.73. The third kappa shape index (κ3) is 4.79. The highest BCUT2D eigenvalue weighted by Gasteiger charge is 2.11. The van der Waals surface area contributed by atoms with E-state index in [0.717, 1.165) is 0 Å². The molecule has 0 unspecified atom stereocenters. The Morgan fingerprint density at radius 3 is 2.32 bits per heavy atom. The van der Waals surface area contributed by atoms with Crippen molar-refractivity contribution >= 4 is 34.4 Å². The quantitative estimate of drug-likeness (QED) is 0.609. The van der Waals surface area contributed by atoms with Crippen LogP contribution in [0.2, 0.25) is 0 Å². The highest BCUT2D eigenvalue weighted by Crippen LogP contribution is 2.15. The van der Waals surface area contributed by atoms with Crippen molar-refractivity contribution in [1.82, 2.24) is 9.88 Å². The van der Waals surface area contributed by atoms with E-state index in [1.807, 2.05) is 19.9 Å². The number of benzene rings is 2. The van der Waals surface area contributed by atoms with Gasteiger partial charge in [0.05, 0.1) is 5.52 Å². The second-order valence-electron chi connectivity index (χ2n) is 6.62. The molecular weight excluding hydrogens is 360 g/mol. The largest absolute Gasteiger partial charge is 0.419 e. The third-order valence-corrected chi connectivity index (χ3v) is 3.98. The Morgan fingerprint density at radius 2 is 1.64 bits per heavy atom. The van der Waals surface area contributed by atoms with Crippen LogP contribution < -0.4 is 21.7 Å². The van der Waals surface area contributed by atoms with Gasteiger partial charge in [-0.1, -0.05) is 12.1 Å². The molecule has 3 amide bonds. The van der Waals surface area contributed by atoms with Crippen molar-refractivity contribution in [1.29, 1.82) is 0 Å². The predicted octanol–water partition coefficient (Wildman–Crippen LogP) is 3.15. The third-order valence-electron chi connectivity index (χ3n) is 3.98. The Kier molecular flexibility index (Phi) is 5.78. The Labute approximate surface area is 161 Å². The number of hydrogen-bond donors (Lipinski definition) is 3. The molecule has 2 aromatic carbocycles. The summed E-state index contributed by atoms with van der Waals surface area (Å²) in [5.41, 5.74) is 2.38. The first-order chi connectivity index (χ1) is 13.4. The average Bonchev–Trinajstić information content (AvgIpc) is 2.96. The van der Waals surface area contributed by atoms with Crippen LogP contribution in [-0.4, -0.2) is 22.5 Å². The Hall–Kier alpha value is -3.55. The highest BCUT2D eigenvalue weighted by molar-refractivity contribution is 5.92.